The molecule has 0 saturated carbocycles. The predicted octanol–water partition coefficient (Wildman–Crippen LogP) is 3.46. The Kier molecular flexibility index (Phi) is 5.65. The maximum atomic E-state index is 11.6. The van der Waals surface area contributed by atoms with Gasteiger partial charge >= 0.3 is 0 Å². The number of nitrogens with one attached hydrogen (secondary N) is 1. The Morgan fingerprint density at radius 1 is 1.59 bits per heavy atom. The van der Waals surface area contributed by atoms with Gasteiger partial charge in [-0.3, -0.25) is 4.79 Å². The zero-order valence-electron chi connectivity index (χ0n) is 10.2. The topological polar surface area (TPSA) is 29.1 Å². The Hall–Kier alpha value is -1.40. The lowest BCUT2D eigenvalue weighted by molar-refractivity contribution is 0.260. The monoisotopic (exact) mass is 247 g/mol. The van der Waals surface area contributed by atoms with Gasteiger partial charge < -0.3 is 5.32 Å². The van der Waals surface area contributed by atoms with Crippen LogP contribution in [0.4, 0.5) is 4.79 Å². The van der Waals surface area contributed by atoms with Crippen molar-refractivity contribution >= 4 is 17.0 Å². The van der Waals surface area contributed by atoms with Gasteiger partial charge in [0.15, 0.2) is 0 Å². The molecule has 1 amide bonds. The van der Waals surface area contributed by atoms with E-state index in [1.807, 2.05) is 18.2 Å². The first-order valence-corrected chi connectivity index (χ1v) is 6.50. The number of thioether (sulfide) groups is 1. The minimum Gasteiger partial charge on any atom is -0.333 e. The Balaban J connectivity index is 2.59. The fourth-order valence-corrected chi connectivity index (χ4v) is 2.21. The molecule has 0 aromatic heterocycles. The van der Waals surface area contributed by atoms with Crippen molar-refractivity contribution < 1.29 is 4.79 Å². The number of benzene rings is 1. The molecule has 0 aliphatic rings. The highest BCUT2D eigenvalue weighted by Crippen LogP contribution is 2.20. The van der Waals surface area contributed by atoms with Gasteiger partial charge in [-0.15, -0.1) is 6.42 Å². The molecule has 0 bridgehead atoms. The molecule has 1 aromatic rings. The summed E-state index contributed by atoms with van der Waals surface area (Å²) in [5, 5.41) is 2.61. The summed E-state index contributed by atoms with van der Waals surface area (Å²) < 4.78 is 0. The highest BCUT2D eigenvalue weighted by molar-refractivity contribution is 8.13. The average molecular weight is 247 g/mol. The standard InChI is InChI=1S/C14H17NOS/c1-4-7-12-8-6-9-13(10-12)17-14(16)15-11(3)5-2/h2,6,8-11H,4,7H2,1,3H3,(H,15,16). The molecule has 0 aliphatic carbocycles. The molecule has 0 fully saturated rings. The van der Waals surface area contributed by atoms with Crippen LogP contribution in [0.15, 0.2) is 29.2 Å². The van der Waals surface area contributed by atoms with Gasteiger partial charge in [0.1, 0.15) is 0 Å². The summed E-state index contributed by atoms with van der Waals surface area (Å²) in [4.78, 5) is 12.6. The molecule has 0 radical (unpaired) electrons. The van der Waals surface area contributed by atoms with E-state index in [9.17, 15) is 4.79 Å². The van der Waals surface area contributed by atoms with Crippen molar-refractivity contribution in [3.63, 3.8) is 0 Å². The summed E-state index contributed by atoms with van der Waals surface area (Å²) >= 11 is 1.18. The molecule has 0 heterocycles. The molecular weight excluding hydrogens is 230 g/mol. The molecule has 0 spiro atoms. The van der Waals surface area contributed by atoms with Gasteiger partial charge in [0.2, 0.25) is 0 Å². The number of hydrogen-bond acceptors (Lipinski definition) is 2. The van der Waals surface area contributed by atoms with Crippen molar-refractivity contribution in [1.82, 2.24) is 5.32 Å². The first-order chi connectivity index (χ1) is 8.15. The minimum atomic E-state index is -0.228. The van der Waals surface area contributed by atoms with Gasteiger partial charge in [-0.1, -0.05) is 31.4 Å². The van der Waals surface area contributed by atoms with Crippen molar-refractivity contribution in [2.24, 2.45) is 0 Å². The zero-order chi connectivity index (χ0) is 12.7. The zero-order valence-corrected chi connectivity index (χ0v) is 11.0. The molecule has 1 atom stereocenters. The Labute approximate surface area is 107 Å². The quantitative estimate of drug-likeness (QED) is 0.652. The van der Waals surface area contributed by atoms with Crippen LogP contribution in [0.2, 0.25) is 0 Å². The average Bonchev–Trinajstić information content (AvgIpc) is 2.29. The van der Waals surface area contributed by atoms with E-state index < -0.39 is 0 Å². The molecule has 1 aromatic carbocycles. The maximum absolute atomic E-state index is 11.6. The second-order valence-electron chi connectivity index (χ2n) is 3.82. The van der Waals surface area contributed by atoms with Crippen LogP contribution in [0.1, 0.15) is 25.8 Å². The van der Waals surface area contributed by atoms with Crippen molar-refractivity contribution in [3.05, 3.63) is 29.8 Å². The summed E-state index contributed by atoms with van der Waals surface area (Å²) in [6.07, 6.45) is 7.35. The summed E-state index contributed by atoms with van der Waals surface area (Å²) in [5.74, 6) is 2.47. The minimum absolute atomic E-state index is 0.107. The van der Waals surface area contributed by atoms with Crippen LogP contribution >= 0.6 is 11.8 Å². The van der Waals surface area contributed by atoms with Crippen molar-refractivity contribution in [3.8, 4) is 12.3 Å². The smallest absolute Gasteiger partial charge is 0.284 e. The van der Waals surface area contributed by atoms with Crippen molar-refractivity contribution in [1.29, 1.82) is 0 Å². The highest BCUT2D eigenvalue weighted by Gasteiger charge is 2.07. The van der Waals surface area contributed by atoms with E-state index in [0.717, 1.165) is 17.7 Å². The number of hydrogen-bond donors (Lipinski definition) is 1. The number of rotatable bonds is 4. The lowest BCUT2D eigenvalue weighted by atomic mass is 10.1. The summed E-state index contributed by atoms with van der Waals surface area (Å²) in [6.45, 7) is 3.92. The normalized spacial score (nSPS) is 11.6. The van der Waals surface area contributed by atoms with Gasteiger partial charge in [-0.05, 0) is 42.8 Å². The molecule has 1 unspecified atom stereocenters. The molecule has 1 rings (SSSR count). The lowest BCUT2D eigenvalue weighted by Crippen LogP contribution is -2.27. The van der Waals surface area contributed by atoms with Crippen molar-refractivity contribution in [2.45, 2.75) is 37.6 Å². The summed E-state index contributed by atoms with van der Waals surface area (Å²) in [7, 11) is 0. The SMILES string of the molecule is C#CC(C)NC(=O)Sc1cccc(CCC)c1. The molecule has 90 valence electrons. The van der Waals surface area contributed by atoms with Crippen molar-refractivity contribution in [2.75, 3.05) is 0 Å². The Morgan fingerprint density at radius 2 is 2.35 bits per heavy atom. The fourth-order valence-electron chi connectivity index (χ4n) is 1.41. The second kappa shape index (κ2) is 7.03. The summed E-state index contributed by atoms with van der Waals surface area (Å²) in [5.41, 5.74) is 1.26. The number of carbonyl (C=O) groups excluding carboxylic acids is 1. The van der Waals surface area contributed by atoms with Crippen LogP contribution < -0.4 is 5.32 Å². The lowest BCUT2D eigenvalue weighted by Gasteiger charge is -2.07. The van der Waals surface area contributed by atoms with E-state index in [2.05, 4.69) is 24.2 Å². The molecule has 0 aliphatic heterocycles. The largest absolute Gasteiger partial charge is 0.333 e. The first-order valence-electron chi connectivity index (χ1n) is 5.69. The molecule has 2 nitrogen and oxygen atoms in total. The third-order valence-corrected chi connectivity index (χ3v) is 3.02. The van der Waals surface area contributed by atoms with Gasteiger partial charge in [0.05, 0.1) is 6.04 Å². The van der Waals surface area contributed by atoms with E-state index in [4.69, 9.17) is 6.42 Å². The van der Waals surface area contributed by atoms with E-state index in [0.29, 0.717) is 0 Å². The molecule has 3 heteroatoms. The molecule has 0 saturated heterocycles. The van der Waals surface area contributed by atoms with Gasteiger partial charge in [0.25, 0.3) is 5.24 Å². The van der Waals surface area contributed by atoms with E-state index in [-0.39, 0.29) is 11.3 Å². The van der Waals surface area contributed by atoms with Crippen LogP contribution in [-0.4, -0.2) is 11.3 Å². The third-order valence-electron chi connectivity index (χ3n) is 2.23. The fraction of sp³-hybridized carbons (Fsp3) is 0.357. The van der Waals surface area contributed by atoms with Crippen LogP contribution in [0.5, 0.6) is 0 Å². The van der Waals surface area contributed by atoms with Crippen LogP contribution in [0, 0.1) is 12.3 Å². The maximum Gasteiger partial charge on any atom is 0.284 e. The summed E-state index contributed by atoms with van der Waals surface area (Å²) in [6, 6.07) is 7.81. The Bertz CT molecular complexity index is 422. The van der Waals surface area contributed by atoms with Crippen LogP contribution in [0.25, 0.3) is 0 Å². The van der Waals surface area contributed by atoms with Crippen LogP contribution in [-0.2, 0) is 6.42 Å². The van der Waals surface area contributed by atoms with Gasteiger partial charge in [-0.2, -0.15) is 0 Å². The number of amides is 1. The highest BCUT2D eigenvalue weighted by atomic mass is 32.2. The van der Waals surface area contributed by atoms with E-state index in [1.165, 1.54) is 17.3 Å². The van der Waals surface area contributed by atoms with Gasteiger partial charge in [-0.25, -0.2) is 0 Å². The second-order valence-corrected chi connectivity index (χ2v) is 4.87. The van der Waals surface area contributed by atoms with Gasteiger partial charge in [0, 0.05) is 4.90 Å². The predicted molar refractivity (Wildman–Crippen MR) is 73.1 cm³/mol. The molecular formula is C14H17NOS. The number of carbonyl (C=O) groups is 1. The molecule has 17 heavy (non-hydrogen) atoms. The number of terminal acetylenes is 1. The molecule has 1 N–H and O–H groups in total. The van der Waals surface area contributed by atoms with E-state index >= 15 is 0 Å². The number of aryl methyl sites for hydroxylation is 1. The van der Waals surface area contributed by atoms with E-state index in [1.54, 1.807) is 6.92 Å². The Morgan fingerprint density at radius 3 is 3.00 bits per heavy atom. The van der Waals surface area contributed by atoms with Crippen LogP contribution in [0.3, 0.4) is 0 Å². The third kappa shape index (κ3) is 4.97. The first kappa shape index (κ1) is 13.7.